The van der Waals surface area contributed by atoms with Gasteiger partial charge in [0.15, 0.2) is 0 Å². The van der Waals surface area contributed by atoms with Crippen LogP contribution in [0.25, 0.3) is 105 Å². The Bertz CT molecular complexity index is 3980. The summed E-state index contributed by atoms with van der Waals surface area (Å²) < 4.78 is 31.4. The molecule has 0 amide bonds. The van der Waals surface area contributed by atoms with Gasteiger partial charge < -0.3 is 14.0 Å². The maximum absolute atomic E-state index is 7.36. The number of aromatic nitrogens is 3. The van der Waals surface area contributed by atoms with Gasteiger partial charge in [-0.2, -0.15) is 0 Å². The topological polar surface area (TPSA) is 43.9 Å². The summed E-state index contributed by atoms with van der Waals surface area (Å²) in [5.74, 6) is 1.34. The predicted octanol–water partition coefficient (Wildman–Crippen LogP) is 17.9. The molecule has 1 radical (unpaired) electrons. The summed E-state index contributed by atoms with van der Waals surface area (Å²) >= 11 is 0. The SMILES string of the molecule is CC(C)c1cc(-c2ccccc2)cc(C(C)C)c1-n1c(-c2[c-]ccc3c2oc2cc4ccc5ccccc5c4cc23)nc2ccc3ccccc3c21.[2H]C([2H])([2H])c1c[c-]c(-c2cc(C(C)(C)C)ccn2)cc1.[Ir]. The number of hydrogen-bond donors (Lipinski definition) is 0. The van der Waals surface area contributed by atoms with Crippen LogP contribution < -0.4 is 0 Å². The van der Waals surface area contributed by atoms with Crippen LogP contribution >= 0.6 is 0 Å². The van der Waals surface area contributed by atoms with Gasteiger partial charge in [-0.1, -0.05) is 169 Å². The Hall–Kier alpha value is -7.17. The third-order valence-electron chi connectivity index (χ3n) is 13.5. The summed E-state index contributed by atoms with van der Waals surface area (Å²) in [6.45, 7) is 13.6. The Morgan fingerprint density at radius 3 is 2.00 bits per heavy atom. The van der Waals surface area contributed by atoms with Crippen molar-refractivity contribution in [1.29, 1.82) is 0 Å². The monoisotopic (exact) mass is 1090 g/mol. The van der Waals surface area contributed by atoms with Crippen molar-refractivity contribution in [3.8, 4) is 39.5 Å². The molecule has 3 heterocycles. The van der Waals surface area contributed by atoms with Crippen LogP contribution in [0.15, 0.2) is 180 Å². The van der Waals surface area contributed by atoms with Gasteiger partial charge in [-0.3, -0.25) is 4.98 Å². The van der Waals surface area contributed by atoms with Crippen molar-refractivity contribution in [2.75, 3.05) is 0 Å². The van der Waals surface area contributed by atoms with Crippen LogP contribution in [0.4, 0.5) is 0 Å². The molecule has 70 heavy (non-hydrogen) atoms. The second kappa shape index (κ2) is 18.6. The Morgan fingerprint density at radius 1 is 0.614 bits per heavy atom. The quantitative estimate of drug-likeness (QED) is 0.123. The van der Waals surface area contributed by atoms with E-state index in [1.54, 1.807) is 18.3 Å². The van der Waals surface area contributed by atoms with E-state index in [-0.39, 0.29) is 37.4 Å². The van der Waals surface area contributed by atoms with E-state index in [1.165, 1.54) is 66.5 Å². The zero-order valence-corrected chi connectivity index (χ0v) is 42.9. The predicted molar refractivity (Wildman–Crippen MR) is 291 cm³/mol. The standard InChI is InChI=1S/C49H37N2O.C16H18N.Ir/c1-29(2)40-25-35(31-13-6-5-7-14-31)26-41(30(3)4)46(40)51-47-37-18-11-9-16-33(37)23-24-44(47)50-49(51)39-20-12-19-38-43-28-42-34(27-45(43)52-48(38)39)22-21-32-15-8-10-17-36(32)42;1-12-5-7-13(8-6-12)15-11-14(9-10-17-15)16(2,3)4;/h5-19,21-30H,1-4H3;5-7,9-11H,1-4H3;/q2*-1;/i;1D3;. The first kappa shape index (κ1) is 42.9. The summed E-state index contributed by atoms with van der Waals surface area (Å²) in [6.07, 6.45) is 1.78. The number of hydrogen-bond acceptors (Lipinski definition) is 3. The van der Waals surface area contributed by atoms with Crippen molar-refractivity contribution in [3.05, 3.63) is 210 Å². The molecule has 347 valence electrons. The minimum absolute atomic E-state index is 0. The molecule has 0 unspecified atom stereocenters. The number of benzene rings is 9. The minimum atomic E-state index is -2.09. The van der Waals surface area contributed by atoms with Crippen LogP contribution in [0.3, 0.4) is 0 Å². The fourth-order valence-electron chi connectivity index (χ4n) is 9.88. The van der Waals surface area contributed by atoms with Crippen molar-refractivity contribution in [1.82, 2.24) is 14.5 Å². The zero-order valence-electron chi connectivity index (χ0n) is 43.5. The molecule has 0 N–H and O–H groups in total. The summed E-state index contributed by atoms with van der Waals surface area (Å²) in [6, 6.07) is 65.8. The fraction of sp³-hybridized carbons (Fsp3) is 0.169. The maximum Gasteiger partial charge on any atom is 0.121 e. The van der Waals surface area contributed by atoms with E-state index >= 15 is 0 Å². The molecular weight excluding hydrogens is 1030 g/mol. The molecule has 9 aromatic carbocycles. The molecule has 12 aromatic rings. The number of nitrogens with zero attached hydrogens (tertiary/aromatic N) is 3. The average Bonchev–Trinajstić information content (AvgIpc) is 3.96. The van der Waals surface area contributed by atoms with E-state index in [0.29, 0.717) is 5.56 Å². The Kier molecular flexibility index (Phi) is 11.4. The van der Waals surface area contributed by atoms with Crippen LogP contribution in [0.5, 0.6) is 0 Å². The molecule has 0 aliphatic rings. The van der Waals surface area contributed by atoms with Crippen LogP contribution in [-0.2, 0) is 25.5 Å². The number of aryl methyl sites for hydroxylation is 1. The molecule has 4 nitrogen and oxygen atoms in total. The fourth-order valence-corrected chi connectivity index (χ4v) is 9.88. The van der Waals surface area contributed by atoms with Crippen LogP contribution in [0.1, 0.15) is 86.7 Å². The van der Waals surface area contributed by atoms with E-state index < -0.39 is 6.85 Å². The molecule has 3 aromatic heterocycles. The number of rotatable bonds is 6. The normalized spacial score (nSPS) is 12.7. The van der Waals surface area contributed by atoms with E-state index in [1.807, 2.05) is 18.2 Å². The summed E-state index contributed by atoms with van der Waals surface area (Å²) in [4.78, 5) is 9.82. The van der Waals surface area contributed by atoms with E-state index in [2.05, 4.69) is 204 Å². The molecule has 5 heteroatoms. The van der Waals surface area contributed by atoms with Crippen molar-refractivity contribution in [3.63, 3.8) is 0 Å². The van der Waals surface area contributed by atoms with Crippen LogP contribution in [-0.4, -0.2) is 14.5 Å². The Morgan fingerprint density at radius 2 is 1.30 bits per heavy atom. The van der Waals surface area contributed by atoms with Crippen molar-refractivity contribution >= 4 is 65.3 Å². The molecule has 0 fully saturated rings. The van der Waals surface area contributed by atoms with Gasteiger partial charge in [-0.05, 0) is 114 Å². The number of fused-ring (bicyclic) bond motifs is 9. The molecule has 0 aliphatic carbocycles. The second-order valence-electron chi connectivity index (χ2n) is 19.8. The van der Waals surface area contributed by atoms with Gasteiger partial charge in [-0.15, -0.1) is 53.6 Å². The molecule has 0 spiro atoms. The number of pyridine rings is 1. The smallest absolute Gasteiger partial charge is 0.121 e. The zero-order chi connectivity index (χ0) is 50.1. The Labute approximate surface area is 428 Å². The van der Waals surface area contributed by atoms with Gasteiger partial charge in [0.25, 0.3) is 0 Å². The molecule has 0 atom stereocenters. The number of imidazole rings is 1. The van der Waals surface area contributed by atoms with Crippen molar-refractivity contribution in [2.24, 2.45) is 0 Å². The van der Waals surface area contributed by atoms with E-state index in [0.717, 1.165) is 61.0 Å². The third-order valence-corrected chi connectivity index (χ3v) is 13.5. The first-order valence-electron chi connectivity index (χ1n) is 25.4. The number of furan rings is 1. The van der Waals surface area contributed by atoms with Crippen molar-refractivity contribution < 1.29 is 28.6 Å². The largest absolute Gasteiger partial charge is 0.501 e. The van der Waals surface area contributed by atoms with Gasteiger partial charge in [0, 0.05) is 46.9 Å². The van der Waals surface area contributed by atoms with Gasteiger partial charge in [0.05, 0.1) is 22.4 Å². The summed E-state index contributed by atoms with van der Waals surface area (Å²) in [5.41, 5.74) is 14.0. The summed E-state index contributed by atoms with van der Waals surface area (Å²) in [5, 5.41) is 9.39. The average molecular weight is 1090 g/mol. The molecular formula is C65H55IrN3O-2. The molecule has 12 rings (SSSR count). The first-order chi connectivity index (χ1) is 34.6. The van der Waals surface area contributed by atoms with Gasteiger partial charge in [0.1, 0.15) is 5.58 Å². The Balaban J connectivity index is 0.000000246. The van der Waals surface area contributed by atoms with E-state index in [9.17, 15) is 0 Å². The molecule has 0 aliphatic heterocycles. The maximum atomic E-state index is 7.36. The minimum Gasteiger partial charge on any atom is -0.501 e. The molecule has 0 bridgehead atoms. The molecule has 0 saturated carbocycles. The van der Waals surface area contributed by atoms with E-state index in [4.69, 9.17) is 13.5 Å². The van der Waals surface area contributed by atoms with Gasteiger partial charge >= 0.3 is 0 Å². The van der Waals surface area contributed by atoms with Crippen LogP contribution in [0, 0.1) is 19.0 Å². The first-order valence-corrected chi connectivity index (χ1v) is 23.9. The molecule has 0 saturated heterocycles. The van der Waals surface area contributed by atoms with Gasteiger partial charge in [0.2, 0.25) is 0 Å². The summed E-state index contributed by atoms with van der Waals surface area (Å²) in [7, 11) is 0. The second-order valence-corrected chi connectivity index (χ2v) is 19.8. The van der Waals surface area contributed by atoms with Crippen LogP contribution in [0.2, 0.25) is 0 Å². The van der Waals surface area contributed by atoms with Gasteiger partial charge in [-0.25, -0.2) is 0 Å². The van der Waals surface area contributed by atoms with Crippen molar-refractivity contribution in [2.45, 2.75) is 72.6 Å². The third kappa shape index (κ3) is 8.42.